The number of nitrogens with one attached hydrogen (secondary N) is 1. The number of hydrogen-bond donors (Lipinski definition) is 3. The fourth-order valence-electron chi connectivity index (χ4n) is 3.70. The Morgan fingerprint density at radius 2 is 1.87 bits per heavy atom. The van der Waals surface area contributed by atoms with Crippen LogP contribution in [0.4, 0.5) is 23.7 Å². The number of anilines is 1. The van der Waals surface area contributed by atoms with Gasteiger partial charge in [-0.25, -0.2) is 19.3 Å². The van der Waals surface area contributed by atoms with Gasteiger partial charge in [-0.05, 0) is 37.3 Å². The van der Waals surface area contributed by atoms with E-state index in [0.29, 0.717) is 4.90 Å². The largest absolute Gasteiger partial charge is 0.493 e. The first kappa shape index (κ1) is 30.6. The number of ether oxygens (including phenoxy) is 3. The molecule has 0 spiro atoms. The number of nitrogens with zero attached hydrogens (tertiary/aromatic N) is 2. The molecule has 0 bridgehead atoms. The second kappa shape index (κ2) is 12.8. The topological polar surface area (TPSA) is 155 Å². The van der Waals surface area contributed by atoms with E-state index in [2.05, 4.69) is 6.58 Å². The van der Waals surface area contributed by atoms with Gasteiger partial charge in [0.25, 0.3) is 0 Å². The van der Waals surface area contributed by atoms with Crippen LogP contribution in [0, 0.1) is 5.41 Å². The van der Waals surface area contributed by atoms with Gasteiger partial charge in [0.1, 0.15) is 18.4 Å². The molecule has 0 fully saturated rings. The van der Waals surface area contributed by atoms with Crippen molar-refractivity contribution in [2.45, 2.75) is 19.1 Å². The number of guanidine groups is 1. The van der Waals surface area contributed by atoms with Gasteiger partial charge in [-0.1, -0.05) is 18.7 Å². The summed E-state index contributed by atoms with van der Waals surface area (Å²) in [6.45, 7) is 4.66. The van der Waals surface area contributed by atoms with Crippen molar-refractivity contribution in [2.75, 3.05) is 32.3 Å². The number of halogens is 3. The maximum Gasteiger partial charge on any atom is 0.416 e. The van der Waals surface area contributed by atoms with Crippen LogP contribution in [-0.2, 0) is 30.0 Å². The van der Waals surface area contributed by atoms with Gasteiger partial charge in [-0.3, -0.25) is 10.3 Å². The maximum absolute atomic E-state index is 13.4. The van der Waals surface area contributed by atoms with Crippen LogP contribution in [0.15, 0.2) is 71.7 Å². The summed E-state index contributed by atoms with van der Waals surface area (Å²) < 4.78 is 55.8. The fourth-order valence-corrected chi connectivity index (χ4v) is 3.70. The Hall–Kier alpha value is -4.59. The normalized spacial score (nSPS) is 16.8. The lowest BCUT2D eigenvalue weighted by molar-refractivity contribution is -0.138. The van der Waals surface area contributed by atoms with Crippen molar-refractivity contribution < 1.29 is 46.9 Å². The zero-order valence-corrected chi connectivity index (χ0v) is 21.2. The van der Waals surface area contributed by atoms with Crippen molar-refractivity contribution in [3.63, 3.8) is 0 Å². The minimum atomic E-state index is -4.72. The summed E-state index contributed by atoms with van der Waals surface area (Å²) in [7, 11) is 2.42. The number of carbonyl (C=O) groups is 3. The highest BCUT2D eigenvalue weighted by molar-refractivity contribution is 6.10. The lowest BCUT2D eigenvalue weighted by Gasteiger charge is -2.43. The van der Waals surface area contributed by atoms with Crippen LogP contribution in [0.25, 0.3) is 0 Å². The van der Waals surface area contributed by atoms with Crippen LogP contribution in [-0.4, -0.2) is 67.4 Å². The number of rotatable bonds is 10. The molecule has 11 nitrogen and oxygen atoms in total. The monoisotopic (exact) mass is 552 g/mol. The zero-order valence-electron chi connectivity index (χ0n) is 21.2. The van der Waals surface area contributed by atoms with Crippen LogP contribution < -0.4 is 10.6 Å². The Labute approximate surface area is 221 Å². The molecule has 39 heavy (non-hydrogen) atoms. The SMILES string of the molecule is C=C/C(=C\C=C(/OCCOC)C1C(C(=O)OC)=C(C)N(c2cccc(C(F)(F)F)c2)C(=N)N1C(N)=O)C(=O)O. The molecule has 0 saturated carbocycles. The van der Waals surface area contributed by atoms with Crippen LogP contribution in [0.5, 0.6) is 0 Å². The average Bonchev–Trinajstić information content (AvgIpc) is 2.86. The van der Waals surface area contributed by atoms with Crippen LogP contribution in [0.2, 0.25) is 0 Å². The second-order valence-corrected chi connectivity index (χ2v) is 7.85. The molecule has 1 aliphatic rings. The molecule has 1 aromatic carbocycles. The van der Waals surface area contributed by atoms with Gasteiger partial charge in [-0.2, -0.15) is 13.2 Å². The Kier molecular flexibility index (Phi) is 10.0. The van der Waals surface area contributed by atoms with Gasteiger partial charge in [0.2, 0.25) is 5.96 Å². The number of hydrogen-bond acceptors (Lipinski definition) is 7. The second-order valence-electron chi connectivity index (χ2n) is 7.85. The van der Waals surface area contributed by atoms with E-state index in [1.165, 1.54) is 20.1 Å². The average molecular weight is 553 g/mol. The fraction of sp³-hybridized carbons (Fsp3) is 0.280. The van der Waals surface area contributed by atoms with Gasteiger partial charge in [-0.15, -0.1) is 0 Å². The number of aliphatic carboxylic acids is 1. The lowest BCUT2D eigenvalue weighted by Crippen LogP contribution is -2.59. The Morgan fingerprint density at radius 1 is 1.21 bits per heavy atom. The van der Waals surface area contributed by atoms with Gasteiger partial charge in [0.15, 0.2) is 0 Å². The summed E-state index contributed by atoms with van der Waals surface area (Å²) in [5.41, 5.74) is 3.72. The van der Waals surface area contributed by atoms with E-state index in [1.54, 1.807) is 0 Å². The molecule has 1 aliphatic heterocycles. The number of nitrogens with two attached hydrogens (primary N) is 1. The number of alkyl halides is 3. The molecule has 1 unspecified atom stereocenters. The number of esters is 1. The number of carbonyl (C=O) groups excluding carboxylic acids is 2. The van der Waals surface area contributed by atoms with Gasteiger partial charge < -0.3 is 25.1 Å². The van der Waals surface area contributed by atoms with E-state index in [-0.39, 0.29) is 41.5 Å². The highest BCUT2D eigenvalue weighted by Gasteiger charge is 2.45. The number of allylic oxidation sites excluding steroid dienone is 3. The summed E-state index contributed by atoms with van der Waals surface area (Å²) in [6.07, 6.45) is -1.44. The highest BCUT2D eigenvalue weighted by Crippen LogP contribution is 2.37. The standard InChI is InChI=1S/C25H27F3N4O7/c1-5-15(21(33)34)9-10-18(39-12-11-37-3)20-19(22(35)38-4)14(2)31(23(29)32(20)24(30)36)17-8-6-7-16(13-17)25(26,27)28/h5-10,13,20,29H,1,11-12H2,2-4H3,(H2,30,36)(H,33,34)/b15-9+,18-10-,29-23?. The van der Waals surface area contributed by atoms with Crippen molar-refractivity contribution in [2.24, 2.45) is 5.73 Å². The van der Waals surface area contributed by atoms with Gasteiger partial charge in [0, 0.05) is 18.5 Å². The number of amides is 2. The third-order valence-corrected chi connectivity index (χ3v) is 5.49. The van der Waals surface area contributed by atoms with Gasteiger partial charge >= 0.3 is 24.1 Å². The summed E-state index contributed by atoms with van der Waals surface area (Å²) >= 11 is 0. The van der Waals surface area contributed by atoms with Crippen molar-refractivity contribution in [3.05, 3.63) is 77.2 Å². The maximum atomic E-state index is 13.4. The molecule has 2 amide bonds. The molecular formula is C25H27F3N4O7. The number of methoxy groups -OCH3 is 2. The molecule has 0 radical (unpaired) electrons. The van der Waals surface area contributed by atoms with E-state index in [4.69, 9.17) is 25.4 Å². The molecule has 0 aromatic heterocycles. The number of carboxylic acids is 1. The van der Waals surface area contributed by atoms with E-state index in [0.717, 1.165) is 48.4 Å². The van der Waals surface area contributed by atoms with E-state index < -0.39 is 41.7 Å². The quantitative estimate of drug-likeness (QED) is 0.131. The van der Waals surface area contributed by atoms with Crippen molar-refractivity contribution in [3.8, 4) is 0 Å². The third-order valence-electron chi connectivity index (χ3n) is 5.49. The molecule has 1 aromatic rings. The smallest absolute Gasteiger partial charge is 0.416 e. The first-order valence-corrected chi connectivity index (χ1v) is 11.1. The third kappa shape index (κ3) is 6.84. The summed E-state index contributed by atoms with van der Waals surface area (Å²) in [4.78, 5) is 38.7. The lowest BCUT2D eigenvalue weighted by atomic mass is 9.96. The molecule has 1 heterocycles. The van der Waals surface area contributed by atoms with E-state index in [9.17, 15) is 32.7 Å². The molecule has 14 heteroatoms. The number of urea groups is 1. The molecule has 0 aliphatic carbocycles. The molecular weight excluding hydrogens is 525 g/mol. The summed E-state index contributed by atoms with van der Waals surface area (Å²) in [5.74, 6) is -3.26. The van der Waals surface area contributed by atoms with Crippen LogP contribution in [0.3, 0.4) is 0 Å². The molecule has 4 N–H and O–H groups in total. The van der Waals surface area contributed by atoms with Crippen molar-refractivity contribution >= 4 is 29.6 Å². The number of benzene rings is 1. The predicted molar refractivity (Wildman–Crippen MR) is 133 cm³/mol. The minimum Gasteiger partial charge on any atom is -0.493 e. The Balaban J connectivity index is 2.89. The van der Waals surface area contributed by atoms with Crippen molar-refractivity contribution in [1.29, 1.82) is 5.41 Å². The molecule has 210 valence electrons. The van der Waals surface area contributed by atoms with Crippen LogP contribution >= 0.6 is 0 Å². The highest BCUT2D eigenvalue weighted by atomic mass is 19.4. The first-order chi connectivity index (χ1) is 18.3. The zero-order chi connectivity index (χ0) is 29.5. The Morgan fingerprint density at radius 3 is 2.38 bits per heavy atom. The molecule has 1 atom stereocenters. The van der Waals surface area contributed by atoms with E-state index >= 15 is 0 Å². The van der Waals surface area contributed by atoms with Crippen LogP contribution in [0.1, 0.15) is 12.5 Å². The first-order valence-electron chi connectivity index (χ1n) is 11.1. The van der Waals surface area contributed by atoms with Gasteiger partial charge in [0.05, 0.1) is 30.4 Å². The summed E-state index contributed by atoms with van der Waals surface area (Å²) in [5, 5.41) is 18.1. The molecule has 0 saturated heterocycles. The predicted octanol–water partition coefficient (Wildman–Crippen LogP) is 3.40. The minimum absolute atomic E-state index is 0.0433. The summed E-state index contributed by atoms with van der Waals surface area (Å²) in [6, 6.07) is 1.09. The van der Waals surface area contributed by atoms with Crippen molar-refractivity contribution in [1.82, 2.24) is 4.90 Å². The number of carboxylic acid groups (broad SMARTS) is 1. The molecule has 2 rings (SSSR count). The number of primary amides is 1. The van der Waals surface area contributed by atoms with E-state index in [1.807, 2.05) is 0 Å². The Bertz CT molecular complexity index is 1250.